The molecule has 1 atom stereocenters. The standard InChI is InChI=1S/C16H18BrNS/c1-11(12-6-7-19-10-12)18-14-8-13(9-14)15-4-2-3-5-16(15)17/h2-7,10-11,13-14,18H,8-9H2,1H3. The number of nitrogens with one attached hydrogen (secondary N) is 1. The van der Waals surface area contributed by atoms with Gasteiger partial charge in [0.25, 0.3) is 0 Å². The minimum atomic E-state index is 0.469. The predicted molar refractivity (Wildman–Crippen MR) is 85.8 cm³/mol. The van der Waals surface area contributed by atoms with E-state index in [1.807, 2.05) is 0 Å². The van der Waals surface area contributed by atoms with Gasteiger partial charge in [-0.1, -0.05) is 34.1 Å². The second kappa shape index (κ2) is 5.78. The van der Waals surface area contributed by atoms with Gasteiger partial charge < -0.3 is 5.32 Å². The highest BCUT2D eigenvalue weighted by Crippen LogP contribution is 2.40. The first-order valence-electron chi connectivity index (χ1n) is 6.76. The Kier molecular flexibility index (Phi) is 4.06. The second-order valence-corrected chi connectivity index (χ2v) is 6.97. The molecule has 0 aliphatic heterocycles. The van der Waals surface area contributed by atoms with Crippen molar-refractivity contribution in [2.75, 3.05) is 0 Å². The first-order chi connectivity index (χ1) is 9.24. The molecule has 1 aliphatic rings. The van der Waals surface area contributed by atoms with E-state index in [9.17, 15) is 0 Å². The molecule has 1 N–H and O–H groups in total. The zero-order valence-corrected chi connectivity index (χ0v) is 13.4. The molecule has 1 fully saturated rings. The lowest BCUT2D eigenvalue weighted by Crippen LogP contribution is -2.41. The van der Waals surface area contributed by atoms with Crippen molar-refractivity contribution in [3.05, 3.63) is 56.7 Å². The fraction of sp³-hybridized carbons (Fsp3) is 0.375. The molecule has 100 valence electrons. The highest BCUT2D eigenvalue weighted by Gasteiger charge is 2.32. The maximum absolute atomic E-state index is 3.73. The van der Waals surface area contributed by atoms with E-state index in [1.165, 1.54) is 28.4 Å². The van der Waals surface area contributed by atoms with Gasteiger partial charge in [0.05, 0.1) is 0 Å². The normalized spacial score (nSPS) is 23.9. The Hall–Kier alpha value is -0.640. The third kappa shape index (κ3) is 2.93. The van der Waals surface area contributed by atoms with E-state index in [0.717, 1.165) is 0 Å². The van der Waals surface area contributed by atoms with Crippen LogP contribution in [0.3, 0.4) is 0 Å². The fourth-order valence-electron chi connectivity index (χ4n) is 2.79. The highest BCUT2D eigenvalue weighted by atomic mass is 79.9. The average molecular weight is 336 g/mol. The molecule has 1 aromatic heterocycles. The molecule has 0 saturated heterocycles. The van der Waals surface area contributed by atoms with Crippen LogP contribution in [0.4, 0.5) is 0 Å². The molecule has 0 radical (unpaired) electrons. The van der Waals surface area contributed by atoms with E-state index in [-0.39, 0.29) is 0 Å². The summed E-state index contributed by atoms with van der Waals surface area (Å²) in [5.74, 6) is 0.711. The molecule has 1 saturated carbocycles. The molecule has 1 heterocycles. The summed E-state index contributed by atoms with van der Waals surface area (Å²) in [7, 11) is 0. The molecule has 1 unspecified atom stereocenters. The summed E-state index contributed by atoms with van der Waals surface area (Å²) >= 11 is 5.43. The van der Waals surface area contributed by atoms with Gasteiger partial charge in [-0.15, -0.1) is 0 Å². The van der Waals surface area contributed by atoms with Gasteiger partial charge in [0.1, 0.15) is 0 Å². The van der Waals surface area contributed by atoms with Crippen molar-refractivity contribution in [2.45, 2.75) is 37.8 Å². The monoisotopic (exact) mass is 335 g/mol. The predicted octanol–water partition coefficient (Wildman–Crippen LogP) is 5.11. The van der Waals surface area contributed by atoms with Crippen molar-refractivity contribution in [3.8, 4) is 0 Å². The number of halogens is 1. The number of thiophene rings is 1. The topological polar surface area (TPSA) is 12.0 Å². The summed E-state index contributed by atoms with van der Waals surface area (Å²) in [6.45, 7) is 2.26. The molecule has 0 amide bonds. The molecule has 0 bridgehead atoms. The molecule has 1 aliphatic carbocycles. The summed E-state index contributed by atoms with van der Waals surface area (Å²) < 4.78 is 1.25. The van der Waals surface area contributed by atoms with Crippen molar-refractivity contribution in [3.63, 3.8) is 0 Å². The van der Waals surface area contributed by atoms with Crippen molar-refractivity contribution in [1.29, 1.82) is 0 Å². The Bertz CT molecular complexity index is 531. The summed E-state index contributed by atoms with van der Waals surface area (Å²) in [4.78, 5) is 0. The van der Waals surface area contributed by atoms with Crippen molar-refractivity contribution >= 4 is 27.3 Å². The third-order valence-electron chi connectivity index (χ3n) is 4.01. The molecule has 1 aromatic carbocycles. The Labute approximate surface area is 127 Å². The molecule has 2 aromatic rings. The molecule has 0 spiro atoms. The van der Waals surface area contributed by atoms with E-state index in [0.29, 0.717) is 18.0 Å². The van der Waals surface area contributed by atoms with E-state index in [2.05, 4.69) is 69.3 Å². The lowest BCUT2D eigenvalue weighted by atomic mass is 9.75. The van der Waals surface area contributed by atoms with E-state index in [4.69, 9.17) is 0 Å². The summed E-state index contributed by atoms with van der Waals surface area (Å²) in [5, 5.41) is 8.12. The van der Waals surface area contributed by atoms with Crippen LogP contribution in [0.2, 0.25) is 0 Å². The Morgan fingerprint density at radius 1 is 1.26 bits per heavy atom. The first-order valence-corrected chi connectivity index (χ1v) is 8.50. The summed E-state index contributed by atoms with van der Waals surface area (Å²) in [5.41, 5.74) is 2.87. The van der Waals surface area contributed by atoms with Gasteiger partial charge >= 0.3 is 0 Å². The van der Waals surface area contributed by atoms with Gasteiger partial charge in [0.2, 0.25) is 0 Å². The van der Waals surface area contributed by atoms with Crippen LogP contribution in [0, 0.1) is 0 Å². The van der Waals surface area contributed by atoms with Crippen LogP contribution < -0.4 is 5.32 Å². The Morgan fingerprint density at radius 2 is 2.05 bits per heavy atom. The van der Waals surface area contributed by atoms with Crippen LogP contribution in [-0.4, -0.2) is 6.04 Å². The summed E-state index contributed by atoms with van der Waals surface area (Å²) in [6, 6.07) is 11.9. The Morgan fingerprint density at radius 3 is 2.74 bits per heavy atom. The van der Waals surface area contributed by atoms with Crippen molar-refractivity contribution < 1.29 is 0 Å². The lowest BCUT2D eigenvalue weighted by Gasteiger charge is -2.38. The SMILES string of the molecule is CC(NC1CC(c2ccccc2Br)C1)c1ccsc1. The maximum atomic E-state index is 3.73. The molecule has 3 heteroatoms. The Balaban J connectivity index is 1.55. The zero-order chi connectivity index (χ0) is 13.2. The minimum Gasteiger partial charge on any atom is -0.307 e. The van der Waals surface area contributed by atoms with Crippen molar-refractivity contribution in [1.82, 2.24) is 5.32 Å². The number of hydrogen-bond donors (Lipinski definition) is 1. The third-order valence-corrected chi connectivity index (χ3v) is 5.44. The van der Waals surface area contributed by atoms with E-state index < -0.39 is 0 Å². The largest absolute Gasteiger partial charge is 0.307 e. The van der Waals surface area contributed by atoms with Gasteiger partial charge in [0, 0.05) is 16.6 Å². The smallest absolute Gasteiger partial charge is 0.0302 e. The van der Waals surface area contributed by atoms with Crippen molar-refractivity contribution in [2.24, 2.45) is 0 Å². The van der Waals surface area contributed by atoms with Gasteiger partial charge in [-0.25, -0.2) is 0 Å². The first kappa shape index (κ1) is 13.3. The van der Waals surface area contributed by atoms with Gasteiger partial charge in [-0.2, -0.15) is 11.3 Å². The summed E-state index contributed by atoms with van der Waals surface area (Å²) in [6.07, 6.45) is 2.49. The van der Waals surface area contributed by atoms with Gasteiger partial charge in [0.15, 0.2) is 0 Å². The number of benzene rings is 1. The van der Waals surface area contributed by atoms with Crippen LogP contribution in [0.25, 0.3) is 0 Å². The lowest BCUT2D eigenvalue weighted by molar-refractivity contribution is 0.270. The van der Waals surface area contributed by atoms with Crippen LogP contribution in [0.1, 0.15) is 42.9 Å². The quantitative estimate of drug-likeness (QED) is 0.818. The van der Waals surface area contributed by atoms with Crippen LogP contribution in [-0.2, 0) is 0 Å². The van der Waals surface area contributed by atoms with E-state index in [1.54, 1.807) is 11.3 Å². The second-order valence-electron chi connectivity index (χ2n) is 5.33. The molecular formula is C16H18BrNS. The molecule has 1 nitrogen and oxygen atoms in total. The molecular weight excluding hydrogens is 318 g/mol. The van der Waals surface area contributed by atoms with Gasteiger partial charge in [-0.05, 0) is 59.7 Å². The maximum Gasteiger partial charge on any atom is 0.0302 e. The van der Waals surface area contributed by atoms with Gasteiger partial charge in [-0.3, -0.25) is 0 Å². The fourth-order valence-corrected chi connectivity index (χ4v) is 4.15. The molecule has 3 rings (SSSR count). The highest BCUT2D eigenvalue weighted by molar-refractivity contribution is 9.10. The van der Waals surface area contributed by atoms with E-state index >= 15 is 0 Å². The minimum absolute atomic E-state index is 0.469. The average Bonchev–Trinajstić information content (AvgIpc) is 2.88. The number of hydrogen-bond acceptors (Lipinski definition) is 2. The number of rotatable bonds is 4. The van der Waals surface area contributed by atoms with Crippen LogP contribution in [0.5, 0.6) is 0 Å². The molecule has 19 heavy (non-hydrogen) atoms. The zero-order valence-electron chi connectivity index (χ0n) is 11.0. The van der Waals surface area contributed by atoms with Crippen LogP contribution in [0.15, 0.2) is 45.6 Å². The van der Waals surface area contributed by atoms with Crippen LogP contribution >= 0.6 is 27.3 Å².